The first-order valence-electron chi connectivity index (χ1n) is 8.44. The molecule has 0 aliphatic rings. The zero-order chi connectivity index (χ0) is 19.7. The van der Waals surface area contributed by atoms with E-state index in [1.54, 1.807) is 32.9 Å². The van der Waals surface area contributed by atoms with E-state index < -0.39 is 28.3 Å². The van der Waals surface area contributed by atoms with Gasteiger partial charge in [-0.3, -0.25) is 0 Å². The molecule has 0 aliphatic heterocycles. The molecule has 1 aromatic rings. The van der Waals surface area contributed by atoms with Crippen molar-refractivity contribution < 1.29 is 27.5 Å². The molecule has 0 heterocycles. The van der Waals surface area contributed by atoms with Crippen molar-refractivity contribution in [2.24, 2.45) is 0 Å². The first-order valence-corrected chi connectivity index (χ1v) is 9.88. The van der Waals surface area contributed by atoms with Gasteiger partial charge >= 0.3 is 12.2 Å². The summed E-state index contributed by atoms with van der Waals surface area (Å²) in [6.07, 6.45) is -0.400. The fourth-order valence-electron chi connectivity index (χ4n) is 1.91. The normalized spacial score (nSPS) is 11.1. The maximum Gasteiger partial charge on any atom is 0.443 e. The third kappa shape index (κ3) is 6.55. The predicted molar refractivity (Wildman–Crippen MR) is 95.8 cm³/mol. The Balaban J connectivity index is 3.03. The molecule has 1 N–H and O–H groups in total. The Morgan fingerprint density at radius 2 is 1.77 bits per heavy atom. The highest BCUT2D eigenvalue weighted by molar-refractivity contribution is 7.89. The Hall–Kier alpha value is -2.29. The number of carbonyl (C=O) groups is 2. The molecule has 0 atom stereocenters. The minimum absolute atomic E-state index is 0.0491. The van der Waals surface area contributed by atoms with Gasteiger partial charge in [0.25, 0.3) is 10.0 Å². The Kier molecular flexibility index (Phi) is 8.37. The summed E-state index contributed by atoms with van der Waals surface area (Å²) in [6.45, 7) is 7.03. The van der Waals surface area contributed by atoms with Crippen molar-refractivity contribution >= 4 is 22.2 Å². The van der Waals surface area contributed by atoms with Gasteiger partial charge in [0.1, 0.15) is 0 Å². The Morgan fingerprint density at radius 1 is 1.15 bits per heavy atom. The van der Waals surface area contributed by atoms with Crippen molar-refractivity contribution in [2.75, 3.05) is 6.61 Å². The zero-order valence-electron chi connectivity index (χ0n) is 15.5. The van der Waals surface area contributed by atoms with Crippen LogP contribution in [0.3, 0.4) is 0 Å². The standard InChI is InChI=1S/C17H26N2O6S/c1-5-6-7-12-24-17(21)19(18-16(20)25-13(2)3)26(22,23)15-10-8-14(4)9-11-15/h8-11,13H,5-7,12H2,1-4H3,(H,18,20). The lowest BCUT2D eigenvalue weighted by Gasteiger charge is -2.22. The quantitative estimate of drug-likeness (QED) is 0.569. The van der Waals surface area contributed by atoms with E-state index in [0.717, 1.165) is 18.4 Å². The SMILES string of the molecule is CCCCCOC(=O)N(NC(=O)OC(C)C)S(=O)(=O)c1ccc(C)cc1. The fraction of sp³-hybridized carbons (Fsp3) is 0.529. The van der Waals surface area contributed by atoms with Gasteiger partial charge < -0.3 is 9.47 Å². The second kappa shape index (κ2) is 10.0. The molecule has 1 aromatic carbocycles. The summed E-state index contributed by atoms with van der Waals surface area (Å²) in [5.74, 6) is 0. The first-order chi connectivity index (χ1) is 12.2. The van der Waals surface area contributed by atoms with Gasteiger partial charge in [-0.05, 0) is 39.3 Å². The van der Waals surface area contributed by atoms with E-state index in [0.29, 0.717) is 6.42 Å². The molecule has 0 aliphatic carbocycles. The van der Waals surface area contributed by atoms with E-state index in [-0.39, 0.29) is 15.9 Å². The van der Waals surface area contributed by atoms with Crippen LogP contribution in [-0.2, 0) is 19.5 Å². The average molecular weight is 386 g/mol. The van der Waals surface area contributed by atoms with Gasteiger partial charge in [0, 0.05) is 0 Å². The highest BCUT2D eigenvalue weighted by atomic mass is 32.2. The highest BCUT2D eigenvalue weighted by Crippen LogP contribution is 2.16. The molecule has 0 fully saturated rings. The van der Waals surface area contributed by atoms with Crippen molar-refractivity contribution in [3.8, 4) is 0 Å². The number of hydrazine groups is 1. The molecule has 0 unspecified atom stereocenters. The molecular formula is C17H26N2O6S. The molecule has 146 valence electrons. The van der Waals surface area contributed by atoms with Crippen LogP contribution in [0.1, 0.15) is 45.6 Å². The Bertz CT molecular complexity index is 700. The van der Waals surface area contributed by atoms with Crippen molar-refractivity contribution in [3.05, 3.63) is 29.8 Å². The summed E-state index contributed by atoms with van der Waals surface area (Å²) < 4.78 is 35.5. The summed E-state index contributed by atoms with van der Waals surface area (Å²) >= 11 is 0. The van der Waals surface area contributed by atoms with Crippen LogP contribution in [0.25, 0.3) is 0 Å². The monoisotopic (exact) mass is 386 g/mol. The van der Waals surface area contributed by atoms with Gasteiger partial charge in [-0.15, -0.1) is 4.41 Å². The molecule has 0 aromatic heterocycles. The number of benzene rings is 1. The van der Waals surface area contributed by atoms with E-state index in [1.807, 2.05) is 12.3 Å². The minimum atomic E-state index is -4.34. The number of unbranched alkanes of at least 4 members (excludes halogenated alkanes) is 2. The highest BCUT2D eigenvalue weighted by Gasteiger charge is 2.33. The molecule has 0 spiro atoms. The number of hydrogen-bond donors (Lipinski definition) is 1. The predicted octanol–water partition coefficient (Wildman–Crippen LogP) is 3.36. The van der Waals surface area contributed by atoms with Crippen LogP contribution in [-0.4, -0.2) is 37.7 Å². The maximum absolute atomic E-state index is 12.8. The van der Waals surface area contributed by atoms with Crippen molar-refractivity contribution in [2.45, 2.75) is 58.0 Å². The van der Waals surface area contributed by atoms with Gasteiger partial charge in [-0.25, -0.2) is 15.0 Å². The van der Waals surface area contributed by atoms with Crippen LogP contribution in [0.15, 0.2) is 29.2 Å². The average Bonchev–Trinajstić information content (AvgIpc) is 2.56. The lowest BCUT2D eigenvalue weighted by Crippen LogP contribution is -2.50. The van der Waals surface area contributed by atoms with Gasteiger partial charge in [-0.2, -0.15) is 8.42 Å². The largest absolute Gasteiger partial charge is 0.447 e. The summed E-state index contributed by atoms with van der Waals surface area (Å²) in [6, 6.07) is 5.86. The molecule has 2 amide bonds. The molecule has 1 rings (SSSR count). The van der Waals surface area contributed by atoms with Crippen molar-refractivity contribution in [3.63, 3.8) is 0 Å². The number of nitrogens with zero attached hydrogens (tertiary/aromatic N) is 1. The molecule has 9 heteroatoms. The Labute approximate surface area is 154 Å². The smallest absolute Gasteiger partial charge is 0.443 e. The first kappa shape index (κ1) is 21.8. The van der Waals surface area contributed by atoms with Crippen molar-refractivity contribution in [1.82, 2.24) is 9.84 Å². The molecule has 8 nitrogen and oxygen atoms in total. The molecule has 0 saturated carbocycles. The number of nitrogens with one attached hydrogen (secondary N) is 1. The molecular weight excluding hydrogens is 360 g/mol. The van der Waals surface area contributed by atoms with Crippen LogP contribution in [0.5, 0.6) is 0 Å². The summed E-state index contributed by atoms with van der Waals surface area (Å²) in [7, 11) is -4.34. The van der Waals surface area contributed by atoms with Crippen LogP contribution in [0.4, 0.5) is 9.59 Å². The van der Waals surface area contributed by atoms with Gasteiger partial charge in [0.15, 0.2) is 0 Å². The van der Waals surface area contributed by atoms with Crippen LogP contribution >= 0.6 is 0 Å². The molecule has 0 radical (unpaired) electrons. The zero-order valence-corrected chi connectivity index (χ0v) is 16.3. The number of sulfonamides is 1. The van der Waals surface area contributed by atoms with Crippen molar-refractivity contribution in [1.29, 1.82) is 0 Å². The lowest BCUT2D eigenvalue weighted by atomic mass is 10.2. The van der Waals surface area contributed by atoms with Gasteiger partial charge in [0.2, 0.25) is 0 Å². The van der Waals surface area contributed by atoms with E-state index in [2.05, 4.69) is 0 Å². The molecule has 26 heavy (non-hydrogen) atoms. The van der Waals surface area contributed by atoms with Crippen LogP contribution in [0, 0.1) is 6.92 Å². The number of ether oxygens (including phenoxy) is 2. The van der Waals surface area contributed by atoms with Gasteiger partial charge in [0.05, 0.1) is 17.6 Å². The summed E-state index contributed by atoms with van der Waals surface area (Å²) in [5, 5.41) is 0. The summed E-state index contributed by atoms with van der Waals surface area (Å²) in [5.41, 5.74) is 2.80. The maximum atomic E-state index is 12.8. The molecule has 0 bridgehead atoms. The third-order valence-electron chi connectivity index (χ3n) is 3.23. The number of aryl methyl sites for hydroxylation is 1. The summed E-state index contributed by atoms with van der Waals surface area (Å²) in [4.78, 5) is 23.9. The Morgan fingerprint density at radius 3 is 2.31 bits per heavy atom. The second-order valence-electron chi connectivity index (χ2n) is 5.97. The number of rotatable bonds is 7. The number of hydrogen-bond acceptors (Lipinski definition) is 6. The number of amides is 2. The van der Waals surface area contributed by atoms with Crippen LogP contribution < -0.4 is 5.43 Å². The van der Waals surface area contributed by atoms with E-state index in [9.17, 15) is 18.0 Å². The van der Waals surface area contributed by atoms with E-state index in [1.165, 1.54) is 12.1 Å². The lowest BCUT2D eigenvalue weighted by molar-refractivity contribution is 0.0840. The third-order valence-corrected chi connectivity index (χ3v) is 4.82. The second-order valence-corrected chi connectivity index (χ2v) is 7.76. The number of carbonyl (C=O) groups excluding carboxylic acids is 2. The van der Waals surface area contributed by atoms with E-state index in [4.69, 9.17) is 9.47 Å². The topological polar surface area (TPSA) is 102 Å². The van der Waals surface area contributed by atoms with Gasteiger partial charge in [-0.1, -0.05) is 37.5 Å². The minimum Gasteiger partial charge on any atom is -0.447 e. The van der Waals surface area contributed by atoms with E-state index >= 15 is 0 Å². The molecule has 0 saturated heterocycles. The fourth-order valence-corrected chi connectivity index (χ4v) is 3.05. The van der Waals surface area contributed by atoms with Crippen LogP contribution in [0.2, 0.25) is 0 Å².